The van der Waals surface area contributed by atoms with E-state index in [1.54, 1.807) is 9.22 Å². The topological polar surface area (TPSA) is 159 Å². The number of hydrogen-bond acceptors (Lipinski definition) is 9. The Hall–Kier alpha value is -1.72. The number of thioether (sulfide) groups is 1. The summed E-state index contributed by atoms with van der Waals surface area (Å²) in [4.78, 5) is 28.8. The van der Waals surface area contributed by atoms with Crippen molar-refractivity contribution in [2.24, 2.45) is 5.14 Å². The fourth-order valence-corrected chi connectivity index (χ4v) is 26.7. The van der Waals surface area contributed by atoms with Gasteiger partial charge in [-0.25, -0.2) is 0 Å². The first-order valence-corrected chi connectivity index (χ1v) is 25.1. The third-order valence-corrected chi connectivity index (χ3v) is 28.3. The molecule has 0 saturated carbocycles. The van der Waals surface area contributed by atoms with Gasteiger partial charge in [0.05, 0.1) is 4.92 Å². The van der Waals surface area contributed by atoms with Crippen LogP contribution < -0.4 is 12.8 Å². The van der Waals surface area contributed by atoms with Crippen molar-refractivity contribution < 1.29 is 22.9 Å². The van der Waals surface area contributed by atoms with Crippen LogP contribution in [0.15, 0.2) is 41.8 Å². The molecule has 0 bridgehead atoms. The van der Waals surface area contributed by atoms with Crippen LogP contribution in [-0.2, 0) is 26.3 Å². The summed E-state index contributed by atoms with van der Waals surface area (Å²) < 4.78 is 38.9. The number of aromatic nitrogens is 2. The van der Waals surface area contributed by atoms with Gasteiger partial charge in [0.2, 0.25) is 0 Å². The number of nitrogens with one attached hydrogen (secondary N) is 1. The van der Waals surface area contributed by atoms with Crippen LogP contribution in [0.3, 0.4) is 0 Å². The molecular formula is C27H41N5O6S3Sn. The maximum absolute atomic E-state index is 12.9. The second-order valence-electron chi connectivity index (χ2n) is 10.5. The Morgan fingerprint density at radius 2 is 1.74 bits per heavy atom. The van der Waals surface area contributed by atoms with E-state index in [0.717, 1.165) is 9.86 Å². The SMILES string of the molecule is CCC[CH2][Sn]([CH2]CCC)([CH2]CCC)[c]1cn2cnc(SCC(NS(N)(=O)=O)C(=O)OCc3ccc([N+](=O)[O-])cc3)c2s1. The fraction of sp³-hybridized carbons (Fsp3) is 0.556. The maximum atomic E-state index is 12.9. The third-order valence-electron chi connectivity index (χ3n) is 7.24. The van der Waals surface area contributed by atoms with Crippen LogP contribution in [0.5, 0.6) is 0 Å². The molecule has 0 aliphatic carbocycles. The summed E-state index contributed by atoms with van der Waals surface area (Å²) in [5, 5.41) is 16.8. The minimum absolute atomic E-state index is 0.0331. The number of nitro groups is 1. The molecule has 1 aromatic carbocycles. The van der Waals surface area contributed by atoms with Gasteiger partial charge >= 0.3 is 229 Å². The Labute approximate surface area is 260 Å². The normalized spacial score (nSPS) is 13.0. The third kappa shape index (κ3) is 9.91. The quantitative estimate of drug-likeness (QED) is 0.0546. The zero-order valence-electron chi connectivity index (χ0n) is 24.4. The molecule has 232 valence electrons. The van der Waals surface area contributed by atoms with Gasteiger partial charge < -0.3 is 0 Å². The number of carbonyl (C=O) groups is 1. The number of unbranched alkanes of at least 4 members (excludes halogenated alkanes) is 3. The summed E-state index contributed by atoms with van der Waals surface area (Å²) in [6.45, 7) is 6.61. The predicted octanol–water partition coefficient (Wildman–Crippen LogP) is 5.36. The van der Waals surface area contributed by atoms with Crippen LogP contribution in [0.4, 0.5) is 5.69 Å². The predicted molar refractivity (Wildman–Crippen MR) is 171 cm³/mol. The molecule has 0 radical (unpaired) electrons. The molecule has 0 spiro atoms. The van der Waals surface area contributed by atoms with Crippen LogP contribution in [0, 0.1) is 10.1 Å². The van der Waals surface area contributed by atoms with Crippen LogP contribution in [0.25, 0.3) is 4.83 Å². The molecule has 1 atom stereocenters. The number of nitro benzene ring substituents is 1. The standard InChI is InChI=1S/C15H14N5O6S3.3C4H9.Sn/c16-29(24,25)18-12(8-28-13-14-19(9-17-13)5-6-27-14)15(21)26-7-10-1-3-11(4-2-10)20(22)23;3*1-3-4-2;/h1-5,9,12,18H,7-8H2,(H2,16,24,25);3*1,3-4H2,2H3;. The molecule has 3 rings (SSSR count). The number of non-ortho nitro benzene ring substituents is 1. The number of rotatable bonds is 19. The number of esters is 1. The Kier molecular flexibility index (Phi) is 13.6. The summed E-state index contributed by atoms with van der Waals surface area (Å²) in [5.41, 5.74) is 0.447. The molecule has 0 aliphatic heterocycles. The van der Waals surface area contributed by atoms with Crippen molar-refractivity contribution in [2.45, 2.75) is 90.3 Å². The molecule has 0 amide bonds. The van der Waals surface area contributed by atoms with Gasteiger partial charge in [-0.15, -0.1) is 0 Å². The molecular weight excluding hydrogens is 705 g/mol. The van der Waals surface area contributed by atoms with E-state index in [9.17, 15) is 23.3 Å². The molecule has 0 fully saturated rings. The summed E-state index contributed by atoms with van der Waals surface area (Å²) in [6, 6.07) is 4.33. The number of carbonyl (C=O) groups excluding carboxylic acids is 1. The average molecular weight is 747 g/mol. The number of nitrogens with zero attached hydrogens (tertiary/aromatic N) is 3. The van der Waals surface area contributed by atoms with Gasteiger partial charge in [0.1, 0.15) is 0 Å². The number of imidazole rings is 1. The van der Waals surface area contributed by atoms with E-state index < -0.39 is 45.5 Å². The molecule has 0 aliphatic rings. The first-order chi connectivity index (χ1) is 20.0. The van der Waals surface area contributed by atoms with Crippen molar-refractivity contribution in [3.63, 3.8) is 0 Å². The van der Waals surface area contributed by atoms with Crippen molar-refractivity contribution in [3.8, 4) is 0 Å². The molecule has 2 aromatic heterocycles. The Morgan fingerprint density at radius 3 is 2.26 bits per heavy atom. The zero-order chi connectivity index (χ0) is 30.8. The molecule has 3 aromatic rings. The van der Waals surface area contributed by atoms with E-state index in [0.29, 0.717) is 5.56 Å². The number of hydrogen-bond donors (Lipinski definition) is 2. The van der Waals surface area contributed by atoms with Crippen molar-refractivity contribution in [1.82, 2.24) is 14.1 Å². The van der Waals surface area contributed by atoms with E-state index >= 15 is 0 Å². The van der Waals surface area contributed by atoms with E-state index in [1.807, 2.05) is 11.3 Å². The number of fused-ring (bicyclic) bond motifs is 1. The number of ether oxygens (including phenoxy) is 1. The first kappa shape index (κ1) is 34.8. The van der Waals surface area contributed by atoms with Crippen molar-refractivity contribution in [1.29, 1.82) is 0 Å². The van der Waals surface area contributed by atoms with Gasteiger partial charge in [-0.1, -0.05) is 0 Å². The molecule has 15 heteroatoms. The summed E-state index contributed by atoms with van der Waals surface area (Å²) in [5.74, 6) is -0.767. The van der Waals surface area contributed by atoms with Crippen LogP contribution in [0.2, 0.25) is 13.3 Å². The minimum atomic E-state index is -4.20. The van der Waals surface area contributed by atoms with Gasteiger partial charge in [-0.3, -0.25) is 10.1 Å². The summed E-state index contributed by atoms with van der Waals surface area (Å²) in [6.07, 6.45) is 11.5. The molecule has 11 nitrogen and oxygen atoms in total. The zero-order valence-corrected chi connectivity index (χ0v) is 29.7. The number of thiazole rings is 1. The Bertz CT molecular complexity index is 1410. The number of nitrogens with two attached hydrogens (primary N) is 1. The van der Waals surface area contributed by atoms with Crippen molar-refractivity contribution >= 4 is 71.1 Å². The summed E-state index contributed by atoms with van der Waals surface area (Å²) >= 11 is 0.453. The molecule has 3 N–H and O–H groups in total. The monoisotopic (exact) mass is 747 g/mol. The molecule has 42 heavy (non-hydrogen) atoms. The van der Waals surface area contributed by atoms with Crippen LogP contribution >= 0.6 is 23.1 Å². The Balaban J connectivity index is 1.78. The van der Waals surface area contributed by atoms with E-state index in [4.69, 9.17) is 9.88 Å². The second kappa shape index (κ2) is 16.4. The molecule has 0 saturated heterocycles. The van der Waals surface area contributed by atoms with E-state index in [-0.39, 0.29) is 18.0 Å². The van der Waals surface area contributed by atoms with Gasteiger partial charge in [0.15, 0.2) is 0 Å². The second-order valence-corrected chi connectivity index (χ2v) is 28.0. The van der Waals surface area contributed by atoms with Crippen LogP contribution in [0.1, 0.15) is 64.9 Å². The summed E-state index contributed by atoms with van der Waals surface area (Å²) in [7, 11) is -4.20. The number of benzene rings is 1. The first-order valence-electron chi connectivity index (χ1n) is 14.3. The Morgan fingerprint density at radius 1 is 1.14 bits per heavy atom. The van der Waals surface area contributed by atoms with Crippen LogP contribution in [-0.4, -0.2) is 58.9 Å². The van der Waals surface area contributed by atoms with Crippen molar-refractivity contribution in [3.05, 3.63) is 52.5 Å². The van der Waals surface area contributed by atoms with E-state index in [2.05, 4.69) is 41.1 Å². The average Bonchev–Trinajstić information content (AvgIpc) is 3.55. The van der Waals surface area contributed by atoms with Gasteiger partial charge in [0, 0.05) is 12.1 Å². The van der Waals surface area contributed by atoms with Crippen molar-refractivity contribution in [2.75, 3.05) is 5.75 Å². The fourth-order valence-electron chi connectivity index (χ4n) is 4.89. The van der Waals surface area contributed by atoms with Gasteiger partial charge in [0.25, 0.3) is 5.69 Å². The van der Waals surface area contributed by atoms with E-state index in [1.165, 1.54) is 87.9 Å². The molecule has 1 unspecified atom stereocenters. The molecule has 2 heterocycles. The van der Waals surface area contributed by atoms with Gasteiger partial charge in [-0.2, -0.15) is 0 Å². The van der Waals surface area contributed by atoms with Gasteiger partial charge in [-0.05, 0) is 0 Å².